The Morgan fingerprint density at radius 1 is 1.36 bits per heavy atom. The fraction of sp³-hybridized carbons (Fsp3) is 0.476. The zero-order chi connectivity index (χ0) is 20.9. The van der Waals surface area contributed by atoms with Gasteiger partial charge in [0.1, 0.15) is 5.75 Å². The van der Waals surface area contributed by atoms with Crippen LogP contribution in [0.1, 0.15) is 52.0 Å². The monoisotopic (exact) mass is 418 g/mol. The summed E-state index contributed by atoms with van der Waals surface area (Å²) < 4.78 is 7.83. The van der Waals surface area contributed by atoms with Gasteiger partial charge in [-0.05, 0) is 36.5 Å². The minimum Gasteiger partial charge on any atom is -0.493 e. The van der Waals surface area contributed by atoms with E-state index in [4.69, 9.17) is 21.3 Å². The number of nitrogens with zero attached hydrogens (tertiary/aromatic N) is 4. The van der Waals surface area contributed by atoms with Crippen LogP contribution >= 0.6 is 22.9 Å². The Labute approximate surface area is 176 Å². The van der Waals surface area contributed by atoms with Crippen LogP contribution in [0.25, 0.3) is 0 Å². The van der Waals surface area contributed by atoms with Gasteiger partial charge in [0.15, 0.2) is 10.6 Å². The molecule has 0 aliphatic rings. The topological polar surface area (TPSA) is 62.7 Å². The molecule has 0 unspecified atom stereocenters. The molecule has 0 saturated heterocycles. The van der Waals surface area contributed by atoms with Crippen molar-refractivity contribution in [2.45, 2.75) is 53.5 Å². The van der Waals surface area contributed by atoms with Gasteiger partial charge < -0.3 is 9.30 Å². The number of rotatable bonds is 5. The summed E-state index contributed by atoms with van der Waals surface area (Å²) >= 11 is 7.80. The third-order valence-corrected chi connectivity index (χ3v) is 5.54. The van der Waals surface area contributed by atoms with E-state index in [1.165, 1.54) is 4.88 Å². The van der Waals surface area contributed by atoms with Gasteiger partial charge in [0, 0.05) is 22.6 Å². The predicted octanol–water partition coefficient (Wildman–Crippen LogP) is 5.38. The molecule has 0 atom stereocenters. The van der Waals surface area contributed by atoms with Gasteiger partial charge in [-0.2, -0.15) is 15.2 Å². The molecule has 0 saturated carbocycles. The van der Waals surface area contributed by atoms with Gasteiger partial charge in [-0.25, -0.2) is 0 Å². The first-order chi connectivity index (χ1) is 13.2. The molecule has 28 heavy (non-hydrogen) atoms. The summed E-state index contributed by atoms with van der Waals surface area (Å²) in [6.45, 7) is 14.1. The fourth-order valence-electron chi connectivity index (χ4n) is 2.58. The first kappa shape index (κ1) is 22.2. The van der Waals surface area contributed by atoms with Crippen molar-refractivity contribution in [2.75, 3.05) is 6.61 Å². The summed E-state index contributed by atoms with van der Waals surface area (Å²) in [4.78, 5) is 10.8. The lowest BCUT2D eigenvalue weighted by Crippen LogP contribution is -2.19. The summed E-state index contributed by atoms with van der Waals surface area (Å²) in [6.07, 6.45) is 4.01. The van der Waals surface area contributed by atoms with Crippen LogP contribution in [0.3, 0.4) is 0 Å². The molecule has 1 aromatic carbocycles. The molecule has 0 aliphatic carbocycles. The van der Waals surface area contributed by atoms with E-state index in [0.717, 1.165) is 11.3 Å². The average Bonchev–Trinajstić information content (AvgIpc) is 2.98. The Morgan fingerprint density at radius 2 is 2.07 bits per heavy atom. The number of ether oxygens (including phenoxy) is 1. The highest BCUT2D eigenvalue weighted by Gasteiger charge is 2.19. The number of hydrogen-bond donors (Lipinski definition) is 0. The van der Waals surface area contributed by atoms with E-state index >= 15 is 0 Å². The van der Waals surface area contributed by atoms with E-state index in [-0.39, 0.29) is 5.41 Å². The lowest BCUT2D eigenvalue weighted by molar-refractivity contribution is 0.339. The molecule has 150 valence electrons. The highest BCUT2D eigenvalue weighted by molar-refractivity contribution is 7.09. The SMILES string of the molecule is CCOc1ccc(Cl)cc1C(/N=c1\sc(C(C)(C)C)cn1CC(C)C)=N\C#N. The van der Waals surface area contributed by atoms with Crippen LogP contribution in [-0.4, -0.2) is 17.0 Å². The minimum atomic E-state index is 0.0102. The summed E-state index contributed by atoms with van der Waals surface area (Å²) in [5, 5.41) is 9.78. The Bertz CT molecular complexity index is 958. The highest BCUT2D eigenvalue weighted by atomic mass is 35.5. The minimum absolute atomic E-state index is 0.0102. The quantitative estimate of drug-likeness (QED) is 0.371. The molecule has 2 rings (SSSR count). The number of aromatic nitrogens is 1. The van der Waals surface area contributed by atoms with Crippen molar-refractivity contribution in [3.05, 3.63) is 44.7 Å². The zero-order valence-corrected chi connectivity index (χ0v) is 18.9. The summed E-state index contributed by atoms with van der Waals surface area (Å²) in [5.74, 6) is 1.36. The maximum absolute atomic E-state index is 9.24. The number of halogens is 1. The van der Waals surface area contributed by atoms with Crippen molar-refractivity contribution in [3.8, 4) is 11.9 Å². The Hall–Kier alpha value is -2.10. The smallest absolute Gasteiger partial charge is 0.207 e. The molecule has 1 aromatic heterocycles. The second-order valence-corrected chi connectivity index (χ2v) is 9.34. The number of hydrogen-bond acceptors (Lipinski definition) is 4. The van der Waals surface area contributed by atoms with Gasteiger partial charge in [-0.15, -0.1) is 11.3 Å². The molecule has 0 N–H and O–H groups in total. The van der Waals surface area contributed by atoms with Crippen LogP contribution in [0.15, 0.2) is 34.4 Å². The van der Waals surface area contributed by atoms with Crippen molar-refractivity contribution >= 4 is 28.8 Å². The Balaban J connectivity index is 2.69. The van der Waals surface area contributed by atoms with Crippen LogP contribution in [0, 0.1) is 17.4 Å². The van der Waals surface area contributed by atoms with Crippen molar-refractivity contribution < 1.29 is 4.74 Å². The molecular formula is C21H27ClN4OS. The molecule has 0 fully saturated rings. The largest absolute Gasteiger partial charge is 0.493 e. The fourth-order valence-corrected chi connectivity index (χ4v) is 3.81. The normalized spacial score (nSPS) is 13.1. The summed E-state index contributed by atoms with van der Waals surface area (Å²) in [5.41, 5.74) is 0.619. The molecule has 1 heterocycles. The van der Waals surface area contributed by atoms with Crippen LogP contribution in [0.5, 0.6) is 5.75 Å². The average molecular weight is 419 g/mol. The van der Waals surface area contributed by atoms with Crippen LogP contribution in [0.4, 0.5) is 0 Å². The van der Waals surface area contributed by atoms with Crippen molar-refractivity contribution in [1.82, 2.24) is 4.57 Å². The molecule has 0 amide bonds. The maximum Gasteiger partial charge on any atom is 0.207 e. The zero-order valence-electron chi connectivity index (χ0n) is 17.3. The highest BCUT2D eigenvalue weighted by Crippen LogP contribution is 2.26. The molecule has 5 nitrogen and oxygen atoms in total. The summed E-state index contributed by atoms with van der Waals surface area (Å²) in [6, 6.07) is 5.26. The van der Waals surface area contributed by atoms with E-state index in [2.05, 4.69) is 50.4 Å². The van der Waals surface area contributed by atoms with Crippen molar-refractivity contribution in [1.29, 1.82) is 5.26 Å². The van der Waals surface area contributed by atoms with Gasteiger partial charge >= 0.3 is 0 Å². The van der Waals surface area contributed by atoms with Crippen LogP contribution in [-0.2, 0) is 12.0 Å². The van der Waals surface area contributed by atoms with Gasteiger partial charge in [-0.1, -0.05) is 46.2 Å². The van der Waals surface area contributed by atoms with Crippen LogP contribution < -0.4 is 9.54 Å². The third-order valence-electron chi connectivity index (χ3n) is 3.86. The van der Waals surface area contributed by atoms with E-state index in [1.54, 1.807) is 29.5 Å². The lowest BCUT2D eigenvalue weighted by atomic mass is 9.95. The first-order valence-electron chi connectivity index (χ1n) is 9.30. The van der Waals surface area contributed by atoms with E-state index in [0.29, 0.717) is 34.7 Å². The maximum atomic E-state index is 9.24. The van der Waals surface area contributed by atoms with Gasteiger partial charge in [0.2, 0.25) is 6.19 Å². The number of aliphatic imine (C=N–C) groups is 1. The second-order valence-electron chi connectivity index (χ2n) is 7.89. The molecule has 0 bridgehead atoms. The number of amidine groups is 1. The van der Waals surface area contributed by atoms with E-state index in [9.17, 15) is 5.26 Å². The van der Waals surface area contributed by atoms with E-state index in [1.807, 2.05) is 13.1 Å². The predicted molar refractivity (Wildman–Crippen MR) is 116 cm³/mol. The first-order valence-corrected chi connectivity index (χ1v) is 10.5. The molecule has 2 aromatic rings. The van der Waals surface area contributed by atoms with Gasteiger partial charge in [0.05, 0.1) is 12.2 Å². The molecular weight excluding hydrogens is 392 g/mol. The molecule has 0 aliphatic heterocycles. The summed E-state index contributed by atoms with van der Waals surface area (Å²) in [7, 11) is 0. The third kappa shape index (κ3) is 5.70. The second kappa shape index (κ2) is 9.40. The van der Waals surface area contributed by atoms with Crippen molar-refractivity contribution in [3.63, 3.8) is 0 Å². The van der Waals surface area contributed by atoms with E-state index < -0.39 is 0 Å². The lowest BCUT2D eigenvalue weighted by Gasteiger charge is -2.14. The van der Waals surface area contributed by atoms with Crippen LogP contribution in [0.2, 0.25) is 5.02 Å². The van der Waals surface area contributed by atoms with Crippen molar-refractivity contribution in [2.24, 2.45) is 15.9 Å². The number of nitriles is 1. The Morgan fingerprint density at radius 3 is 2.64 bits per heavy atom. The Kier molecular flexibility index (Phi) is 7.45. The van der Waals surface area contributed by atoms with Gasteiger partial charge in [-0.3, -0.25) is 0 Å². The molecule has 0 spiro atoms. The molecule has 7 heteroatoms. The number of benzene rings is 1. The number of thiazole rings is 1. The van der Waals surface area contributed by atoms with Gasteiger partial charge in [0.25, 0.3) is 0 Å². The molecule has 0 radical (unpaired) electrons. The standard InChI is InChI=1S/C21H27ClN4OS/c1-7-27-17-9-8-15(22)10-16(17)19(24-13-23)25-20-26(11-14(2)3)12-18(28-20)21(4,5)6/h8-10,12,14H,7,11H2,1-6H3/b24-19+,25-20-.